The molecule has 1 N–H and O–H groups in total. The number of aromatic nitrogens is 2. The van der Waals surface area contributed by atoms with Gasteiger partial charge in [-0.1, -0.05) is 13.3 Å². The molecule has 2 fully saturated rings. The minimum Gasteiger partial charge on any atom is -0.348 e. The Morgan fingerprint density at radius 2 is 1.94 bits per heavy atom. The normalized spacial score (nSPS) is 24.5. The van der Waals surface area contributed by atoms with E-state index in [0.29, 0.717) is 38.0 Å². The van der Waals surface area contributed by atoms with E-state index in [-0.39, 0.29) is 23.7 Å². The van der Waals surface area contributed by atoms with Crippen molar-refractivity contribution in [1.29, 1.82) is 0 Å². The molecule has 0 aliphatic carbocycles. The van der Waals surface area contributed by atoms with Gasteiger partial charge in [-0.3, -0.25) is 14.3 Å². The van der Waals surface area contributed by atoms with Crippen LogP contribution in [-0.4, -0.2) is 45.1 Å². The van der Waals surface area contributed by atoms with Crippen LogP contribution >= 0.6 is 0 Å². The Balaban J connectivity index is 1.62. The van der Waals surface area contributed by atoms with Crippen LogP contribution in [0, 0.1) is 31.4 Å². The molecule has 8 heteroatoms. The lowest BCUT2D eigenvalue weighted by molar-refractivity contribution is -0.135. The molecule has 0 bridgehead atoms. The second-order valence-electron chi connectivity index (χ2n) is 9.40. The van der Waals surface area contributed by atoms with Crippen LogP contribution in [0.2, 0.25) is 0 Å². The predicted molar refractivity (Wildman–Crippen MR) is 116 cm³/mol. The highest BCUT2D eigenvalue weighted by atomic mass is 19.1. The number of nitrogens with zero attached hydrogens (tertiary/aromatic N) is 3. The monoisotopic (exact) mass is 444 g/mol. The number of benzene rings is 1. The van der Waals surface area contributed by atoms with Gasteiger partial charge >= 0.3 is 0 Å². The third kappa shape index (κ3) is 4.40. The van der Waals surface area contributed by atoms with Gasteiger partial charge in [0.25, 0.3) is 0 Å². The van der Waals surface area contributed by atoms with Gasteiger partial charge < -0.3 is 10.2 Å². The van der Waals surface area contributed by atoms with Crippen molar-refractivity contribution in [3.8, 4) is 0 Å². The summed E-state index contributed by atoms with van der Waals surface area (Å²) in [7, 11) is 0. The van der Waals surface area contributed by atoms with Crippen LogP contribution in [0.1, 0.15) is 55.5 Å². The molecule has 4 rings (SSSR count). The molecule has 1 aromatic carbocycles. The van der Waals surface area contributed by atoms with Crippen LogP contribution in [0.5, 0.6) is 0 Å². The third-order valence-electron chi connectivity index (χ3n) is 6.78. The van der Waals surface area contributed by atoms with Gasteiger partial charge in [0.1, 0.15) is 11.6 Å². The molecule has 0 radical (unpaired) electrons. The summed E-state index contributed by atoms with van der Waals surface area (Å²) < 4.78 is 29.9. The Morgan fingerprint density at radius 1 is 1.22 bits per heavy atom. The van der Waals surface area contributed by atoms with Crippen molar-refractivity contribution in [2.45, 2.75) is 64.5 Å². The SMILES string of the molecule is Cc1cc(C)n(CC(C)C(=O)N2C[C@@H](c3cc(F)cc(F)c3)[C@@]3(CCCCC(=O)N3)C2)n1. The highest BCUT2D eigenvalue weighted by Gasteiger charge is 2.50. The number of rotatable bonds is 4. The molecule has 3 heterocycles. The highest BCUT2D eigenvalue weighted by Crippen LogP contribution is 2.41. The minimum atomic E-state index is -0.721. The fourth-order valence-electron chi connectivity index (χ4n) is 5.30. The lowest BCUT2D eigenvalue weighted by atomic mass is 9.79. The van der Waals surface area contributed by atoms with E-state index in [9.17, 15) is 18.4 Å². The Labute approximate surface area is 187 Å². The predicted octanol–water partition coefficient (Wildman–Crippen LogP) is 3.47. The van der Waals surface area contributed by atoms with Crippen molar-refractivity contribution in [3.05, 3.63) is 52.9 Å². The molecule has 2 aliphatic heterocycles. The maximum atomic E-state index is 14.0. The van der Waals surface area contributed by atoms with Gasteiger partial charge in [-0.2, -0.15) is 5.10 Å². The van der Waals surface area contributed by atoms with Gasteiger partial charge in [-0.05, 0) is 50.5 Å². The molecule has 0 saturated carbocycles. The van der Waals surface area contributed by atoms with Crippen molar-refractivity contribution in [3.63, 3.8) is 0 Å². The largest absolute Gasteiger partial charge is 0.348 e. The standard InChI is InChI=1S/C24H30F2N4O2/c1-15(12-30-17(3)8-16(2)28-30)23(32)29-13-21(18-9-19(25)11-20(26)10-18)24(14-29)7-5-4-6-22(31)27-24/h8-11,15,21H,4-7,12-14H2,1-3H3,(H,27,31)/t15?,21-,24+/m0/s1. The molecular formula is C24H30F2N4O2. The topological polar surface area (TPSA) is 67.2 Å². The summed E-state index contributed by atoms with van der Waals surface area (Å²) in [4.78, 5) is 27.6. The number of likely N-dealkylation sites (tertiary alicyclic amines) is 1. The summed E-state index contributed by atoms with van der Waals surface area (Å²) in [6, 6.07) is 5.45. The number of amides is 2. The number of halogens is 2. The van der Waals surface area contributed by atoms with Gasteiger partial charge in [-0.15, -0.1) is 0 Å². The van der Waals surface area contributed by atoms with E-state index in [4.69, 9.17) is 0 Å². The first-order valence-electron chi connectivity index (χ1n) is 11.2. The maximum Gasteiger partial charge on any atom is 0.227 e. The van der Waals surface area contributed by atoms with Gasteiger partial charge in [0, 0.05) is 37.2 Å². The lowest BCUT2D eigenvalue weighted by Gasteiger charge is -2.35. The van der Waals surface area contributed by atoms with Crippen LogP contribution in [0.4, 0.5) is 8.78 Å². The Kier molecular flexibility index (Phi) is 6.05. The Bertz CT molecular complexity index is 1020. The van der Waals surface area contributed by atoms with Gasteiger partial charge in [0.15, 0.2) is 0 Å². The molecule has 6 nitrogen and oxygen atoms in total. The zero-order valence-electron chi connectivity index (χ0n) is 18.8. The molecule has 2 saturated heterocycles. The molecule has 1 spiro atoms. The Morgan fingerprint density at radius 3 is 2.59 bits per heavy atom. The third-order valence-corrected chi connectivity index (χ3v) is 6.78. The van der Waals surface area contributed by atoms with Crippen LogP contribution < -0.4 is 5.32 Å². The summed E-state index contributed by atoms with van der Waals surface area (Å²) in [6.07, 6.45) is 2.67. The summed E-state index contributed by atoms with van der Waals surface area (Å²) in [5, 5.41) is 7.58. The van der Waals surface area contributed by atoms with E-state index in [1.807, 2.05) is 31.5 Å². The number of aryl methyl sites for hydroxylation is 2. The molecule has 1 aromatic heterocycles. The summed E-state index contributed by atoms with van der Waals surface area (Å²) in [5.74, 6) is -2.13. The van der Waals surface area contributed by atoms with Gasteiger partial charge in [0.05, 0.1) is 23.7 Å². The number of hydrogen-bond donors (Lipinski definition) is 1. The lowest BCUT2D eigenvalue weighted by Crippen LogP contribution is -2.53. The smallest absolute Gasteiger partial charge is 0.227 e. The molecule has 3 atom stereocenters. The second kappa shape index (κ2) is 8.64. The van der Waals surface area contributed by atoms with Crippen LogP contribution in [-0.2, 0) is 16.1 Å². The van der Waals surface area contributed by atoms with E-state index in [1.54, 1.807) is 4.90 Å². The second-order valence-corrected chi connectivity index (χ2v) is 9.40. The average molecular weight is 445 g/mol. The zero-order chi connectivity index (χ0) is 23.0. The quantitative estimate of drug-likeness (QED) is 0.785. The fraction of sp³-hybridized carbons (Fsp3) is 0.542. The zero-order valence-corrected chi connectivity index (χ0v) is 18.8. The molecule has 2 amide bonds. The number of hydrogen-bond acceptors (Lipinski definition) is 3. The first-order chi connectivity index (χ1) is 15.2. The highest BCUT2D eigenvalue weighted by molar-refractivity contribution is 5.81. The summed E-state index contributed by atoms with van der Waals surface area (Å²) in [6.45, 7) is 6.83. The number of nitrogens with one attached hydrogen (secondary N) is 1. The fourth-order valence-corrected chi connectivity index (χ4v) is 5.30. The van der Waals surface area contributed by atoms with Crippen LogP contribution in [0.3, 0.4) is 0 Å². The van der Waals surface area contributed by atoms with E-state index < -0.39 is 17.2 Å². The van der Waals surface area contributed by atoms with Gasteiger partial charge in [0.2, 0.25) is 11.8 Å². The van der Waals surface area contributed by atoms with E-state index in [0.717, 1.165) is 30.3 Å². The van der Waals surface area contributed by atoms with Crippen LogP contribution in [0.25, 0.3) is 0 Å². The van der Waals surface area contributed by atoms with E-state index in [1.165, 1.54) is 12.1 Å². The average Bonchev–Trinajstić information content (AvgIpc) is 3.16. The summed E-state index contributed by atoms with van der Waals surface area (Å²) >= 11 is 0. The molecule has 2 aromatic rings. The molecule has 2 aliphatic rings. The van der Waals surface area contributed by atoms with Crippen molar-refractivity contribution in [2.75, 3.05) is 13.1 Å². The van der Waals surface area contributed by atoms with E-state index >= 15 is 0 Å². The molecule has 32 heavy (non-hydrogen) atoms. The van der Waals surface area contributed by atoms with Gasteiger partial charge in [-0.25, -0.2) is 8.78 Å². The Hall–Kier alpha value is -2.77. The van der Waals surface area contributed by atoms with Crippen molar-refractivity contribution in [1.82, 2.24) is 20.0 Å². The van der Waals surface area contributed by atoms with Crippen LogP contribution in [0.15, 0.2) is 24.3 Å². The molecule has 1 unspecified atom stereocenters. The number of carbonyl (C=O) groups is 2. The first-order valence-corrected chi connectivity index (χ1v) is 11.2. The minimum absolute atomic E-state index is 0.0465. The van der Waals surface area contributed by atoms with Crippen molar-refractivity contribution < 1.29 is 18.4 Å². The van der Waals surface area contributed by atoms with E-state index in [2.05, 4.69) is 10.4 Å². The molecular weight excluding hydrogens is 414 g/mol. The number of carbonyl (C=O) groups excluding carboxylic acids is 2. The maximum absolute atomic E-state index is 14.0. The summed E-state index contributed by atoms with van der Waals surface area (Å²) in [5.41, 5.74) is 1.65. The van der Waals surface area contributed by atoms with Crippen molar-refractivity contribution >= 4 is 11.8 Å². The van der Waals surface area contributed by atoms with Crippen molar-refractivity contribution in [2.24, 2.45) is 5.92 Å². The first kappa shape index (κ1) is 22.4. The molecule has 172 valence electrons.